The summed E-state index contributed by atoms with van der Waals surface area (Å²) in [5, 5.41) is 11.2. The van der Waals surface area contributed by atoms with Crippen molar-refractivity contribution in [1.82, 2.24) is 20.5 Å². The van der Waals surface area contributed by atoms with Crippen LogP contribution in [0.3, 0.4) is 0 Å². The van der Waals surface area contributed by atoms with Crippen LogP contribution in [0.15, 0.2) is 42.5 Å². The molecule has 1 amide bonds. The van der Waals surface area contributed by atoms with Gasteiger partial charge in [0.05, 0.1) is 12.7 Å². The molecule has 0 atom stereocenters. The lowest BCUT2D eigenvalue weighted by Crippen LogP contribution is -2.33. The van der Waals surface area contributed by atoms with Gasteiger partial charge >= 0.3 is 5.97 Å². The van der Waals surface area contributed by atoms with Crippen LogP contribution in [-0.2, 0) is 16.0 Å². The van der Waals surface area contributed by atoms with Gasteiger partial charge in [0.15, 0.2) is 6.61 Å². The number of nitrogens with one attached hydrogen (secondary N) is 1. The Bertz CT molecular complexity index is 956. The monoisotopic (exact) mass is 388 g/mol. The van der Waals surface area contributed by atoms with Gasteiger partial charge in [0.1, 0.15) is 11.0 Å². The van der Waals surface area contributed by atoms with Crippen LogP contribution in [0.5, 0.6) is 0 Å². The Kier molecular flexibility index (Phi) is 5.87. The highest BCUT2D eigenvalue weighted by Crippen LogP contribution is 2.13. The zero-order chi connectivity index (χ0) is 19.2. The van der Waals surface area contributed by atoms with E-state index >= 15 is 0 Å². The van der Waals surface area contributed by atoms with Crippen LogP contribution in [0.1, 0.15) is 15.9 Å². The lowest BCUT2D eigenvalue weighted by molar-refractivity contribution is -0.126. The topological polar surface area (TPSA) is 95.3 Å². The van der Waals surface area contributed by atoms with E-state index in [-0.39, 0.29) is 12.5 Å². The number of amides is 1. The molecule has 0 unspecified atom stereocenters. The Morgan fingerprint density at radius 3 is 2.70 bits per heavy atom. The van der Waals surface area contributed by atoms with E-state index in [9.17, 15) is 9.59 Å². The molecule has 3 rings (SSSR count). The summed E-state index contributed by atoms with van der Waals surface area (Å²) in [6.45, 7) is 0.232. The highest BCUT2D eigenvalue weighted by molar-refractivity contribution is 6.30. The first kappa shape index (κ1) is 18.7. The number of halogens is 1. The third kappa shape index (κ3) is 4.73. The average Bonchev–Trinajstić information content (AvgIpc) is 3.09. The van der Waals surface area contributed by atoms with Crippen LogP contribution in [0.2, 0.25) is 5.02 Å². The smallest absolute Gasteiger partial charge is 0.337 e. The second-order valence-electron chi connectivity index (χ2n) is 5.66. The van der Waals surface area contributed by atoms with Gasteiger partial charge in [-0.15, -0.1) is 5.10 Å². The lowest BCUT2D eigenvalue weighted by atomic mass is 10.1. The molecule has 27 heavy (non-hydrogen) atoms. The highest BCUT2D eigenvalue weighted by Gasteiger charge is 2.12. The maximum Gasteiger partial charge on any atom is 0.337 e. The molecule has 1 aromatic heterocycles. The van der Waals surface area contributed by atoms with Crippen LogP contribution in [0, 0.1) is 0 Å². The number of hydrogen-bond donors (Lipinski definition) is 1. The first-order valence-corrected chi connectivity index (χ1v) is 8.53. The van der Waals surface area contributed by atoms with Crippen molar-refractivity contribution in [3.63, 3.8) is 0 Å². The molecule has 0 aliphatic heterocycles. The molecule has 0 radical (unpaired) electrons. The second kappa shape index (κ2) is 8.50. The zero-order valence-electron chi connectivity index (χ0n) is 14.5. The van der Waals surface area contributed by atoms with E-state index in [0.717, 1.165) is 10.4 Å². The number of hydrogen-bond acceptors (Lipinski definition) is 6. The fraction of sp³-hybridized carbons (Fsp3) is 0.222. The maximum atomic E-state index is 11.9. The first-order chi connectivity index (χ1) is 13.1. The summed E-state index contributed by atoms with van der Waals surface area (Å²) >= 11 is 5.84. The summed E-state index contributed by atoms with van der Waals surface area (Å²) in [6.07, 6.45) is 0.678. The van der Waals surface area contributed by atoms with Crippen molar-refractivity contribution in [2.45, 2.75) is 6.42 Å². The Hall–Kier alpha value is -3.13. The largest absolute Gasteiger partial charge is 0.465 e. The Morgan fingerprint density at radius 1 is 1.19 bits per heavy atom. The van der Waals surface area contributed by atoms with Gasteiger partial charge < -0.3 is 14.9 Å². The van der Waals surface area contributed by atoms with E-state index in [1.165, 1.54) is 7.11 Å². The predicted octanol–water partition coefficient (Wildman–Crippen LogP) is 1.66. The van der Waals surface area contributed by atoms with Crippen molar-refractivity contribution in [3.8, 4) is 0 Å². The summed E-state index contributed by atoms with van der Waals surface area (Å²) in [7, 11) is 1.30. The second-order valence-corrected chi connectivity index (χ2v) is 6.09. The van der Waals surface area contributed by atoms with Crippen molar-refractivity contribution in [3.05, 3.63) is 58.6 Å². The quantitative estimate of drug-likeness (QED) is 0.618. The Labute approximate surface area is 160 Å². The van der Waals surface area contributed by atoms with E-state index in [1.54, 1.807) is 30.3 Å². The minimum Gasteiger partial charge on any atom is -0.465 e. The van der Waals surface area contributed by atoms with Gasteiger partial charge in [0.25, 0.3) is 5.91 Å². The summed E-state index contributed by atoms with van der Waals surface area (Å²) in [5.74, 6) is -0.777. The first-order valence-electron chi connectivity index (χ1n) is 8.15. The van der Waals surface area contributed by atoms with Crippen LogP contribution < -0.4 is 10.2 Å². The van der Waals surface area contributed by atoms with E-state index < -0.39 is 5.97 Å². The number of fused-ring (bicyclic) bond motifs is 1. The third-order valence-electron chi connectivity index (χ3n) is 3.80. The number of ether oxygens (including phenoxy) is 1. The standard InChI is InChI=1S/C18H17ClN4O4/c1-26-18(25)13-4-7-15-16(10-13)23(22-21-15)27-11-17(24)20-9-8-12-2-5-14(19)6-3-12/h2-7,10H,8-9,11H2,1H3,(H,20,24). The SMILES string of the molecule is COC(=O)c1ccc2nnn(OCC(=O)NCCc3ccc(Cl)cc3)c2c1. The number of carbonyl (C=O) groups is 2. The van der Waals surface area contributed by atoms with Crippen molar-refractivity contribution < 1.29 is 19.2 Å². The molecule has 0 fully saturated rings. The van der Waals surface area contributed by atoms with Gasteiger partial charge in [-0.3, -0.25) is 4.79 Å². The maximum absolute atomic E-state index is 11.9. The van der Waals surface area contributed by atoms with E-state index in [4.69, 9.17) is 16.4 Å². The summed E-state index contributed by atoms with van der Waals surface area (Å²) in [6, 6.07) is 12.2. The van der Waals surface area contributed by atoms with E-state index in [2.05, 4.69) is 20.4 Å². The molecular formula is C18H17ClN4O4. The van der Waals surface area contributed by atoms with Gasteiger partial charge in [-0.25, -0.2) is 4.79 Å². The third-order valence-corrected chi connectivity index (χ3v) is 4.06. The van der Waals surface area contributed by atoms with E-state index in [1.807, 2.05) is 12.1 Å². The van der Waals surface area contributed by atoms with E-state index in [0.29, 0.717) is 34.6 Å². The molecule has 8 nitrogen and oxygen atoms in total. The van der Waals surface area contributed by atoms with Gasteiger partial charge in [-0.2, -0.15) is 0 Å². The van der Waals surface area contributed by atoms with Crippen LogP contribution in [-0.4, -0.2) is 47.3 Å². The van der Waals surface area contributed by atoms with Crippen molar-refractivity contribution in [1.29, 1.82) is 0 Å². The fourth-order valence-electron chi connectivity index (χ4n) is 2.41. The van der Waals surface area contributed by atoms with Gasteiger partial charge in [0, 0.05) is 11.6 Å². The normalized spacial score (nSPS) is 10.6. The lowest BCUT2D eigenvalue weighted by Gasteiger charge is -2.07. The Morgan fingerprint density at radius 2 is 1.96 bits per heavy atom. The number of carbonyl (C=O) groups excluding carboxylic acids is 2. The molecule has 140 valence electrons. The summed E-state index contributed by atoms with van der Waals surface area (Å²) < 4.78 is 4.69. The molecule has 0 aliphatic carbocycles. The number of aromatic nitrogens is 3. The number of nitrogens with zero attached hydrogens (tertiary/aromatic N) is 3. The van der Waals surface area contributed by atoms with Gasteiger partial charge in [-0.05, 0) is 47.5 Å². The molecular weight excluding hydrogens is 372 g/mol. The summed E-state index contributed by atoms with van der Waals surface area (Å²) in [4.78, 5) is 30.1. The number of esters is 1. The Balaban J connectivity index is 1.53. The number of rotatable bonds is 7. The summed E-state index contributed by atoms with van der Waals surface area (Å²) in [5.41, 5.74) is 2.40. The van der Waals surface area contributed by atoms with Crippen molar-refractivity contribution in [2.75, 3.05) is 20.3 Å². The molecule has 0 aliphatic rings. The fourth-order valence-corrected chi connectivity index (χ4v) is 2.53. The molecule has 0 saturated carbocycles. The zero-order valence-corrected chi connectivity index (χ0v) is 15.3. The molecule has 1 heterocycles. The van der Waals surface area contributed by atoms with Crippen molar-refractivity contribution >= 4 is 34.5 Å². The minimum atomic E-state index is -0.482. The predicted molar refractivity (Wildman–Crippen MR) is 98.5 cm³/mol. The van der Waals surface area contributed by atoms with Crippen LogP contribution >= 0.6 is 11.6 Å². The average molecular weight is 389 g/mol. The molecule has 3 aromatic rings. The molecule has 1 N–H and O–H groups in total. The molecule has 9 heteroatoms. The van der Waals surface area contributed by atoms with Crippen molar-refractivity contribution in [2.24, 2.45) is 0 Å². The highest BCUT2D eigenvalue weighted by atomic mass is 35.5. The van der Waals surface area contributed by atoms with Gasteiger partial charge in [-0.1, -0.05) is 28.6 Å². The molecule has 0 bridgehead atoms. The molecule has 2 aromatic carbocycles. The minimum absolute atomic E-state index is 0.235. The molecule has 0 spiro atoms. The number of methoxy groups -OCH3 is 1. The number of benzene rings is 2. The van der Waals surface area contributed by atoms with Crippen LogP contribution in [0.4, 0.5) is 0 Å². The molecule has 0 saturated heterocycles. The van der Waals surface area contributed by atoms with Crippen LogP contribution in [0.25, 0.3) is 11.0 Å². The van der Waals surface area contributed by atoms with Gasteiger partial charge in [0.2, 0.25) is 0 Å².